The summed E-state index contributed by atoms with van der Waals surface area (Å²) in [4.78, 5) is 36.9. The van der Waals surface area contributed by atoms with Crippen LogP contribution in [0.2, 0.25) is 0 Å². The van der Waals surface area contributed by atoms with Gasteiger partial charge in [-0.3, -0.25) is 0 Å². The zero-order valence-electron chi connectivity index (χ0n) is 48.9. The van der Waals surface area contributed by atoms with Gasteiger partial charge in [-0.25, -0.2) is 27.6 Å². The SMILES string of the molecule is CCCC1CCC(c2ccc(C(=O)Oc3ccc(C#N)c(F)c3)cc2)CC1.CCCCC1CCC(c2ccc(C(=O)Oc3ccc(C#N)c(F)c3)cc2)CC1.CCCCCC1CCC(c2ccc(C(=O)Oc3ccc(C#N)c(F)c3)cc2)CC1. The van der Waals surface area contributed by atoms with Crippen molar-refractivity contribution >= 4 is 17.9 Å². The number of rotatable bonds is 18. The lowest BCUT2D eigenvalue weighted by Crippen LogP contribution is -2.14. The molecule has 9 nitrogen and oxygen atoms in total. The number of benzene rings is 6. The fourth-order valence-electron chi connectivity index (χ4n) is 12.1. The predicted molar refractivity (Wildman–Crippen MR) is 320 cm³/mol. The third-order valence-electron chi connectivity index (χ3n) is 17.1. The lowest BCUT2D eigenvalue weighted by atomic mass is 9.77. The molecule has 0 spiro atoms. The smallest absolute Gasteiger partial charge is 0.343 e. The number of carbonyl (C=O) groups excluding carboxylic acids is 3. The average Bonchev–Trinajstić information content (AvgIpc) is 3.69. The highest BCUT2D eigenvalue weighted by molar-refractivity contribution is 5.92. The molecule has 9 rings (SSSR count). The van der Waals surface area contributed by atoms with Gasteiger partial charge >= 0.3 is 17.9 Å². The maximum absolute atomic E-state index is 13.7. The van der Waals surface area contributed by atoms with Crippen LogP contribution >= 0.6 is 0 Å². The quantitative estimate of drug-likeness (QED) is 0.0465. The van der Waals surface area contributed by atoms with E-state index in [1.807, 2.05) is 36.4 Å². The van der Waals surface area contributed by atoms with Crippen molar-refractivity contribution in [2.75, 3.05) is 0 Å². The van der Waals surface area contributed by atoms with Crippen molar-refractivity contribution < 1.29 is 41.8 Å². The second-order valence-electron chi connectivity index (χ2n) is 22.9. The Morgan fingerprint density at radius 1 is 0.381 bits per heavy atom. The Morgan fingerprint density at radius 3 is 0.929 bits per heavy atom. The highest BCUT2D eigenvalue weighted by Gasteiger charge is 2.26. The van der Waals surface area contributed by atoms with Crippen LogP contribution in [-0.4, -0.2) is 17.9 Å². The molecule has 0 radical (unpaired) electrons. The molecule has 0 heterocycles. The zero-order chi connectivity index (χ0) is 59.8. The molecule has 3 aliphatic carbocycles. The molecule has 3 aliphatic rings. The summed E-state index contributed by atoms with van der Waals surface area (Å²) in [6.07, 6.45) is 26.9. The van der Waals surface area contributed by atoms with Gasteiger partial charge in [0.25, 0.3) is 0 Å². The zero-order valence-corrected chi connectivity index (χ0v) is 48.9. The van der Waals surface area contributed by atoms with Gasteiger partial charge in [0.2, 0.25) is 0 Å². The van der Waals surface area contributed by atoms with Gasteiger partial charge in [-0.1, -0.05) is 115 Å². The largest absolute Gasteiger partial charge is 0.423 e. The maximum Gasteiger partial charge on any atom is 0.343 e. The Balaban J connectivity index is 0.000000181. The summed E-state index contributed by atoms with van der Waals surface area (Å²) in [5.74, 6) is 0.917. The lowest BCUT2D eigenvalue weighted by molar-refractivity contribution is 0.0724. The van der Waals surface area contributed by atoms with E-state index < -0.39 is 35.4 Å². The van der Waals surface area contributed by atoms with Gasteiger partial charge in [-0.2, -0.15) is 15.8 Å². The summed E-state index contributed by atoms with van der Waals surface area (Å²) in [5.41, 5.74) is 4.90. The van der Waals surface area contributed by atoms with E-state index in [1.165, 1.54) is 188 Å². The lowest BCUT2D eigenvalue weighted by Gasteiger charge is -2.29. The minimum atomic E-state index is -0.697. The number of ether oxygens (including phenoxy) is 3. The molecule has 3 fully saturated rings. The Bertz CT molecular complexity index is 3230. The highest BCUT2D eigenvalue weighted by Crippen LogP contribution is 2.40. The number of nitriles is 3. The van der Waals surface area contributed by atoms with E-state index in [0.29, 0.717) is 34.4 Å². The first-order valence-corrected chi connectivity index (χ1v) is 30.4. The summed E-state index contributed by atoms with van der Waals surface area (Å²) in [5, 5.41) is 26.3. The van der Waals surface area contributed by atoms with Crippen molar-refractivity contribution in [1.82, 2.24) is 0 Å². The molecule has 6 aromatic rings. The first kappa shape index (κ1) is 63.6. The molecule has 0 unspecified atom stereocenters. The van der Waals surface area contributed by atoms with E-state index in [9.17, 15) is 27.6 Å². The van der Waals surface area contributed by atoms with E-state index >= 15 is 0 Å². The van der Waals surface area contributed by atoms with Gasteiger partial charge in [-0.15, -0.1) is 0 Å². The number of hydrogen-bond acceptors (Lipinski definition) is 9. The Kier molecular flexibility index (Phi) is 24.8. The maximum atomic E-state index is 13.7. The van der Waals surface area contributed by atoms with Crippen molar-refractivity contribution in [3.05, 3.63) is 195 Å². The molecule has 3 saturated carbocycles. The summed E-state index contributed by atoms with van der Waals surface area (Å²) >= 11 is 0. The molecule has 0 N–H and O–H groups in total. The first-order chi connectivity index (χ1) is 40.8. The van der Waals surface area contributed by atoms with Gasteiger partial charge < -0.3 is 14.2 Å². The summed E-state index contributed by atoms with van der Waals surface area (Å²) in [7, 11) is 0. The van der Waals surface area contributed by atoms with E-state index in [0.717, 1.165) is 36.0 Å². The third-order valence-corrected chi connectivity index (χ3v) is 17.1. The Labute approximate surface area is 494 Å². The molecule has 438 valence electrons. The van der Waals surface area contributed by atoms with Crippen LogP contribution in [0, 0.1) is 69.2 Å². The molecule has 6 aromatic carbocycles. The van der Waals surface area contributed by atoms with Crippen LogP contribution in [0.1, 0.15) is 238 Å². The normalized spacial score (nSPS) is 19.0. The molecule has 0 aromatic heterocycles. The van der Waals surface area contributed by atoms with Crippen LogP contribution in [0.3, 0.4) is 0 Å². The average molecular weight is 1140 g/mol. The van der Waals surface area contributed by atoms with Crippen LogP contribution in [0.4, 0.5) is 13.2 Å². The second kappa shape index (κ2) is 32.7. The molecule has 12 heteroatoms. The van der Waals surface area contributed by atoms with Gasteiger partial charge in [-0.05, 0) is 202 Å². The van der Waals surface area contributed by atoms with Crippen molar-refractivity contribution in [3.63, 3.8) is 0 Å². The van der Waals surface area contributed by atoms with Gasteiger partial charge in [0.1, 0.15) is 52.9 Å². The number of hydrogen-bond donors (Lipinski definition) is 0. The van der Waals surface area contributed by atoms with Crippen molar-refractivity contribution in [1.29, 1.82) is 15.8 Å². The molecule has 84 heavy (non-hydrogen) atoms. The fourth-order valence-corrected chi connectivity index (χ4v) is 12.1. The fraction of sp³-hybridized carbons (Fsp3) is 0.417. The molecule has 0 bridgehead atoms. The van der Waals surface area contributed by atoms with Gasteiger partial charge in [0, 0.05) is 18.2 Å². The molecule has 0 aliphatic heterocycles. The van der Waals surface area contributed by atoms with E-state index in [4.69, 9.17) is 30.0 Å². The number of esters is 3. The molecular formula is C72H78F3N3O6. The predicted octanol–water partition coefficient (Wildman–Crippen LogP) is 19.1. The van der Waals surface area contributed by atoms with Crippen LogP contribution in [0.25, 0.3) is 0 Å². The summed E-state index contributed by atoms with van der Waals surface area (Å²) in [6.45, 7) is 6.74. The number of halogens is 3. The van der Waals surface area contributed by atoms with E-state index in [2.05, 4.69) is 20.8 Å². The van der Waals surface area contributed by atoms with E-state index in [1.54, 1.807) is 54.6 Å². The monoisotopic (exact) mass is 1140 g/mol. The van der Waals surface area contributed by atoms with Crippen LogP contribution in [0.5, 0.6) is 17.2 Å². The Hall–Kier alpha value is -8.01. The molecule has 0 atom stereocenters. The topological polar surface area (TPSA) is 150 Å². The minimum Gasteiger partial charge on any atom is -0.423 e. The number of unbranched alkanes of at least 4 members (excludes halogenated alkanes) is 3. The Morgan fingerprint density at radius 2 is 0.667 bits per heavy atom. The van der Waals surface area contributed by atoms with E-state index in [-0.39, 0.29) is 33.9 Å². The van der Waals surface area contributed by atoms with Crippen LogP contribution in [-0.2, 0) is 0 Å². The van der Waals surface area contributed by atoms with Gasteiger partial charge in [0.05, 0.1) is 33.4 Å². The number of nitrogens with zero attached hydrogens (tertiary/aromatic N) is 3. The molecule has 0 amide bonds. The molecule has 0 saturated heterocycles. The molecular weight excluding hydrogens is 1060 g/mol. The van der Waals surface area contributed by atoms with Crippen molar-refractivity contribution in [2.24, 2.45) is 17.8 Å². The first-order valence-electron chi connectivity index (χ1n) is 30.4. The van der Waals surface area contributed by atoms with Gasteiger partial charge in [0.15, 0.2) is 0 Å². The van der Waals surface area contributed by atoms with Crippen LogP contribution < -0.4 is 14.2 Å². The second-order valence-corrected chi connectivity index (χ2v) is 22.9. The third kappa shape index (κ3) is 18.8. The van der Waals surface area contributed by atoms with Crippen molar-refractivity contribution in [2.45, 2.75) is 173 Å². The standard InChI is InChI=1S/C25H28FNO2.C24H26FNO2.C23H24FNO2/c1-2-3-4-5-18-6-8-19(9-7-18)20-10-12-21(13-11-20)25(28)29-23-15-14-22(17-27)24(26)16-23;1-2-3-4-17-5-7-18(8-6-17)19-9-11-20(12-10-19)24(27)28-22-14-13-21(16-26)23(25)15-22;1-2-3-16-4-6-17(7-5-16)18-8-10-19(11-9-18)23(26)27-21-13-12-20(15-25)22(24)14-21/h10-16,18-19H,2-9H2,1H3;9-15,17-18H,2-8H2,1H3;8-14,16-17H,2-7H2,1H3. The minimum absolute atomic E-state index is 0.0748. The highest BCUT2D eigenvalue weighted by atomic mass is 19.1. The summed E-state index contributed by atoms with van der Waals surface area (Å²) < 4.78 is 56.6. The summed E-state index contributed by atoms with van der Waals surface area (Å²) in [6, 6.07) is 39.3. The van der Waals surface area contributed by atoms with Crippen LogP contribution in [0.15, 0.2) is 127 Å². The number of carbonyl (C=O) groups is 3. The van der Waals surface area contributed by atoms with Crippen molar-refractivity contribution in [3.8, 4) is 35.5 Å².